The molecule has 0 aliphatic carbocycles. The SMILES string of the molecule is O=C(Nc1ccccc1C(=O)O[C@@H](C(=O)c1ccccc1)c1ccc([N+](=O)[O-])cc1)c1ccco1. The number of furan rings is 1. The van der Waals surface area contributed by atoms with E-state index in [1.165, 1.54) is 48.7 Å². The van der Waals surface area contributed by atoms with Gasteiger partial charge in [-0.15, -0.1) is 0 Å². The fourth-order valence-electron chi connectivity index (χ4n) is 3.33. The van der Waals surface area contributed by atoms with E-state index in [-0.39, 0.29) is 28.3 Å². The summed E-state index contributed by atoms with van der Waals surface area (Å²) >= 11 is 0. The number of nitrogens with one attached hydrogen (secondary N) is 1. The van der Waals surface area contributed by atoms with Crippen LogP contribution in [0.1, 0.15) is 42.9 Å². The highest BCUT2D eigenvalue weighted by Gasteiger charge is 2.28. The fourth-order valence-corrected chi connectivity index (χ4v) is 3.33. The molecule has 4 rings (SSSR count). The lowest BCUT2D eigenvalue weighted by Gasteiger charge is -2.18. The number of nitrogens with zero attached hydrogens (tertiary/aromatic N) is 1. The number of hydrogen-bond donors (Lipinski definition) is 1. The Bertz CT molecular complexity index is 1360. The molecular formula is C26H18N2O7. The van der Waals surface area contributed by atoms with Crippen LogP contribution in [-0.2, 0) is 4.74 Å². The first-order valence-corrected chi connectivity index (χ1v) is 10.4. The molecule has 1 heterocycles. The van der Waals surface area contributed by atoms with Gasteiger partial charge in [-0.05, 0) is 36.4 Å². The molecule has 0 saturated carbocycles. The number of carbonyl (C=O) groups excluding carboxylic acids is 3. The van der Waals surface area contributed by atoms with Crippen LogP contribution < -0.4 is 5.32 Å². The first-order valence-electron chi connectivity index (χ1n) is 10.4. The maximum atomic E-state index is 13.3. The summed E-state index contributed by atoms with van der Waals surface area (Å²) < 4.78 is 10.7. The molecule has 0 aliphatic rings. The number of non-ortho nitro benzene ring substituents is 1. The van der Waals surface area contributed by atoms with Gasteiger partial charge in [0, 0.05) is 23.3 Å². The molecule has 4 aromatic rings. The van der Waals surface area contributed by atoms with E-state index < -0.39 is 28.7 Å². The highest BCUT2D eigenvalue weighted by atomic mass is 16.6. The summed E-state index contributed by atoms with van der Waals surface area (Å²) in [6.07, 6.45) is -0.0291. The van der Waals surface area contributed by atoms with Crippen molar-refractivity contribution in [1.29, 1.82) is 0 Å². The number of carbonyl (C=O) groups is 3. The molecule has 9 nitrogen and oxygen atoms in total. The van der Waals surface area contributed by atoms with Crippen LogP contribution in [0.5, 0.6) is 0 Å². The third-order valence-electron chi connectivity index (χ3n) is 5.07. The monoisotopic (exact) mass is 470 g/mol. The van der Waals surface area contributed by atoms with E-state index in [9.17, 15) is 24.5 Å². The number of anilines is 1. The lowest BCUT2D eigenvalue weighted by atomic mass is 9.99. The van der Waals surface area contributed by atoms with Crippen molar-refractivity contribution in [3.8, 4) is 0 Å². The number of ketones is 1. The van der Waals surface area contributed by atoms with E-state index in [1.54, 1.807) is 48.5 Å². The summed E-state index contributed by atoms with van der Waals surface area (Å²) in [4.78, 5) is 49.3. The second kappa shape index (κ2) is 10.3. The molecule has 3 aromatic carbocycles. The number of rotatable bonds is 8. The maximum Gasteiger partial charge on any atom is 0.341 e. The Labute approximate surface area is 199 Å². The van der Waals surface area contributed by atoms with Crippen molar-refractivity contribution >= 4 is 29.0 Å². The Morgan fingerprint density at radius 3 is 2.20 bits per heavy atom. The molecule has 0 fully saturated rings. The minimum atomic E-state index is -1.38. The number of amides is 1. The van der Waals surface area contributed by atoms with Gasteiger partial charge in [-0.25, -0.2) is 4.79 Å². The van der Waals surface area contributed by atoms with Gasteiger partial charge in [-0.1, -0.05) is 42.5 Å². The van der Waals surface area contributed by atoms with Crippen LogP contribution in [0.3, 0.4) is 0 Å². The first kappa shape index (κ1) is 23.1. The summed E-state index contributed by atoms with van der Waals surface area (Å²) in [7, 11) is 0. The Morgan fingerprint density at radius 1 is 0.857 bits per heavy atom. The van der Waals surface area contributed by atoms with Crippen LogP contribution in [0.2, 0.25) is 0 Å². The smallest absolute Gasteiger partial charge is 0.341 e. The third-order valence-corrected chi connectivity index (χ3v) is 5.07. The molecule has 0 radical (unpaired) electrons. The number of Topliss-reactive ketones (excluding diaryl/α,β-unsaturated/α-hetero) is 1. The Kier molecular flexibility index (Phi) is 6.78. The number of para-hydroxylation sites is 1. The molecule has 0 bridgehead atoms. The van der Waals surface area contributed by atoms with E-state index in [2.05, 4.69) is 5.32 Å². The lowest BCUT2D eigenvalue weighted by Crippen LogP contribution is -2.22. The maximum absolute atomic E-state index is 13.3. The summed E-state index contributed by atoms with van der Waals surface area (Å²) in [6, 6.07) is 22.6. The van der Waals surface area contributed by atoms with Crippen LogP contribution in [0.4, 0.5) is 11.4 Å². The van der Waals surface area contributed by atoms with Crippen LogP contribution in [0.15, 0.2) is 102 Å². The zero-order valence-corrected chi connectivity index (χ0v) is 18.1. The van der Waals surface area contributed by atoms with E-state index in [0.29, 0.717) is 5.56 Å². The van der Waals surface area contributed by atoms with Crippen LogP contribution in [0.25, 0.3) is 0 Å². The molecule has 9 heteroatoms. The first-order chi connectivity index (χ1) is 16.9. The van der Waals surface area contributed by atoms with Gasteiger partial charge >= 0.3 is 5.97 Å². The zero-order valence-electron chi connectivity index (χ0n) is 18.1. The number of nitro groups is 1. The normalized spacial score (nSPS) is 11.3. The van der Waals surface area contributed by atoms with Gasteiger partial charge in [0.05, 0.1) is 22.4 Å². The average molecular weight is 470 g/mol. The molecule has 0 spiro atoms. The van der Waals surface area contributed by atoms with Gasteiger partial charge in [-0.3, -0.25) is 19.7 Å². The minimum absolute atomic E-state index is 0.0141. The zero-order chi connectivity index (χ0) is 24.8. The van der Waals surface area contributed by atoms with Gasteiger partial charge in [0.25, 0.3) is 11.6 Å². The standard InChI is InChI=1S/C26H18N2O7/c29-23(17-7-2-1-3-8-17)24(18-12-14-19(15-13-18)28(32)33)35-26(31)20-9-4-5-10-21(20)27-25(30)22-11-6-16-34-22/h1-16,24H,(H,27,30)/t24-/m1/s1. The molecule has 35 heavy (non-hydrogen) atoms. The minimum Gasteiger partial charge on any atom is -0.459 e. The van der Waals surface area contributed by atoms with Crippen molar-refractivity contribution in [2.24, 2.45) is 0 Å². The molecular weight excluding hydrogens is 452 g/mol. The second-order valence-corrected chi connectivity index (χ2v) is 7.34. The number of benzene rings is 3. The molecule has 174 valence electrons. The molecule has 0 aliphatic heterocycles. The number of esters is 1. The second-order valence-electron chi connectivity index (χ2n) is 7.34. The Morgan fingerprint density at radius 2 is 1.54 bits per heavy atom. The van der Waals surface area contributed by atoms with Crippen molar-refractivity contribution in [2.45, 2.75) is 6.10 Å². The molecule has 0 saturated heterocycles. The van der Waals surface area contributed by atoms with E-state index >= 15 is 0 Å². The van der Waals surface area contributed by atoms with Crippen LogP contribution in [-0.4, -0.2) is 22.6 Å². The van der Waals surface area contributed by atoms with Gasteiger partial charge < -0.3 is 14.5 Å². The van der Waals surface area contributed by atoms with Gasteiger partial charge in [0.1, 0.15) is 0 Å². The average Bonchev–Trinajstić information content (AvgIpc) is 3.43. The van der Waals surface area contributed by atoms with Gasteiger partial charge in [-0.2, -0.15) is 0 Å². The number of hydrogen-bond acceptors (Lipinski definition) is 7. The largest absolute Gasteiger partial charge is 0.459 e. The summed E-state index contributed by atoms with van der Waals surface area (Å²) in [6.45, 7) is 0. The molecule has 0 unspecified atom stereocenters. The molecule has 1 aromatic heterocycles. The quantitative estimate of drug-likeness (QED) is 0.162. The summed E-state index contributed by atoms with van der Waals surface area (Å²) in [5, 5.41) is 13.6. The Hall–Kier alpha value is -5.05. The lowest BCUT2D eigenvalue weighted by molar-refractivity contribution is -0.384. The predicted molar refractivity (Wildman–Crippen MR) is 125 cm³/mol. The third kappa shape index (κ3) is 5.31. The highest BCUT2D eigenvalue weighted by molar-refractivity contribution is 6.07. The predicted octanol–water partition coefficient (Wildman–Crippen LogP) is 5.22. The van der Waals surface area contributed by atoms with Gasteiger partial charge in [0.15, 0.2) is 11.9 Å². The summed E-state index contributed by atoms with van der Waals surface area (Å²) in [5.74, 6) is -1.89. The Balaban J connectivity index is 1.64. The molecule has 1 atom stereocenters. The van der Waals surface area contributed by atoms with Crippen molar-refractivity contribution in [3.63, 3.8) is 0 Å². The number of ether oxygens (including phenoxy) is 1. The fraction of sp³-hybridized carbons (Fsp3) is 0.0385. The molecule has 1 N–H and O–H groups in total. The van der Waals surface area contributed by atoms with Crippen LogP contribution in [0, 0.1) is 10.1 Å². The topological polar surface area (TPSA) is 129 Å². The number of nitro benzene ring substituents is 1. The van der Waals surface area contributed by atoms with E-state index in [4.69, 9.17) is 9.15 Å². The van der Waals surface area contributed by atoms with Crippen LogP contribution >= 0.6 is 0 Å². The van der Waals surface area contributed by atoms with E-state index in [0.717, 1.165) is 0 Å². The van der Waals surface area contributed by atoms with Crippen molar-refractivity contribution in [3.05, 3.63) is 130 Å². The van der Waals surface area contributed by atoms with Gasteiger partial charge in [0.2, 0.25) is 5.78 Å². The van der Waals surface area contributed by atoms with E-state index in [1.807, 2.05) is 0 Å². The van der Waals surface area contributed by atoms with Crippen molar-refractivity contribution < 1.29 is 28.5 Å². The van der Waals surface area contributed by atoms with Crippen molar-refractivity contribution in [2.75, 3.05) is 5.32 Å². The highest BCUT2D eigenvalue weighted by Crippen LogP contribution is 2.27. The molecule has 1 amide bonds. The van der Waals surface area contributed by atoms with Crippen molar-refractivity contribution in [1.82, 2.24) is 0 Å². The summed E-state index contributed by atoms with van der Waals surface area (Å²) in [5.41, 5.74) is 0.559.